The normalized spacial score (nSPS) is 48.1. The highest BCUT2D eigenvalue weighted by Gasteiger charge is 2.51. The van der Waals surface area contributed by atoms with Crippen LogP contribution in [0.4, 0.5) is 0 Å². The maximum atomic E-state index is 11.0. The van der Waals surface area contributed by atoms with Crippen LogP contribution in [0.1, 0.15) is 40.0 Å². The third-order valence-corrected chi connectivity index (χ3v) is 5.02. The number of hydrogen-bond acceptors (Lipinski definition) is 1. The van der Waals surface area contributed by atoms with Gasteiger partial charge in [-0.3, -0.25) is 0 Å². The van der Waals surface area contributed by atoms with Crippen molar-refractivity contribution in [3.8, 4) is 0 Å². The molecular weight excluding hydrogens is 172 g/mol. The van der Waals surface area contributed by atoms with Gasteiger partial charge in [-0.1, -0.05) is 27.2 Å². The molecule has 0 aliphatic heterocycles. The minimum atomic E-state index is 0.398. The van der Waals surface area contributed by atoms with Crippen molar-refractivity contribution < 1.29 is 4.79 Å². The minimum absolute atomic E-state index is 0.398. The average Bonchev–Trinajstić information content (AvgIpc) is 2.73. The second-order valence-electron chi connectivity index (χ2n) is 5.52. The Balaban J connectivity index is 2.14. The van der Waals surface area contributed by atoms with E-state index in [0.29, 0.717) is 5.92 Å². The van der Waals surface area contributed by atoms with E-state index in [1.54, 1.807) is 0 Å². The summed E-state index contributed by atoms with van der Waals surface area (Å²) in [6, 6.07) is 0. The molecule has 1 heteroatoms. The van der Waals surface area contributed by atoms with Gasteiger partial charge in [0.15, 0.2) is 0 Å². The Morgan fingerprint density at radius 3 is 2.64 bits per heavy atom. The van der Waals surface area contributed by atoms with Crippen LogP contribution in [0, 0.1) is 35.5 Å². The van der Waals surface area contributed by atoms with Crippen molar-refractivity contribution in [1.82, 2.24) is 0 Å². The van der Waals surface area contributed by atoms with E-state index >= 15 is 0 Å². The summed E-state index contributed by atoms with van der Waals surface area (Å²) in [4.78, 5) is 11.0. The molecule has 0 amide bonds. The van der Waals surface area contributed by atoms with Crippen LogP contribution in [0.25, 0.3) is 0 Å². The Kier molecular flexibility index (Phi) is 2.68. The molecule has 0 N–H and O–H groups in total. The van der Waals surface area contributed by atoms with E-state index in [2.05, 4.69) is 20.8 Å². The van der Waals surface area contributed by atoms with Crippen LogP contribution in [0.3, 0.4) is 0 Å². The van der Waals surface area contributed by atoms with E-state index in [-0.39, 0.29) is 0 Å². The van der Waals surface area contributed by atoms with Gasteiger partial charge in [0.25, 0.3) is 0 Å². The quantitative estimate of drug-likeness (QED) is 0.631. The highest BCUT2D eigenvalue weighted by atomic mass is 16.1. The number of rotatable bonds is 3. The number of carbonyl (C=O) groups is 1. The van der Waals surface area contributed by atoms with Gasteiger partial charge in [-0.25, -0.2) is 0 Å². The van der Waals surface area contributed by atoms with Crippen molar-refractivity contribution in [2.75, 3.05) is 0 Å². The predicted molar refractivity (Wildman–Crippen MR) is 57.9 cm³/mol. The van der Waals surface area contributed by atoms with Crippen molar-refractivity contribution in [2.24, 2.45) is 35.5 Å². The van der Waals surface area contributed by atoms with Gasteiger partial charge in [-0.15, -0.1) is 0 Å². The van der Waals surface area contributed by atoms with Crippen molar-refractivity contribution in [3.05, 3.63) is 0 Å². The first-order valence-corrected chi connectivity index (χ1v) is 6.14. The molecule has 2 aliphatic carbocycles. The molecule has 0 spiro atoms. The third-order valence-electron chi connectivity index (χ3n) is 5.02. The highest BCUT2D eigenvalue weighted by molar-refractivity contribution is 5.55. The first-order valence-electron chi connectivity index (χ1n) is 6.14. The van der Waals surface area contributed by atoms with Gasteiger partial charge in [0.2, 0.25) is 0 Å². The molecule has 6 unspecified atom stereocenters. The first kappa shape index (κ1) is 10.2. The Bertz CT molecular complexity index is 223. The lowest BCUT2D eigenvalue weighted by Gasteiger charge is -2.35. The Morgan fingerprint density at radius 2 is 2.14 bits per heavy atom. The first-order chi connectivity index (χ1) is 6.69. The van der Waals surface area contributed by atoms with Crippen molar-refractivity contribution in [1.29, 1.82) is 0 Å². The molecule has 6 atom stereocenters. The number of fused-ring (bicyclic) bond motifs is 2. The zero-order valence-electron chi connectivity index (χ0n) is 9.57. The summed E-state index contributed by atoms with van der Waals surface area (Å²) in [6.45, 7) is 7.05. The lowest BCUT2D eigenvalue weighted by atomic mass is 9.69. The molecule has 80 valence electrons. The van der Waals surface area contributed by atoms with Gasteiger partial charge in [0, 0.05) is 5.92 Å². The topological polar surface area (TPSA) is 17.1 Å². The fraction of sp³-hybridized carbons (Fsp3) is 0.923. The molecule has 0 aromatic heterocycles. The third kappa shape index (κ3) is 1.32. The molecule has 2 bridgehead atoms. The maximum absolute atomic E-state index is 11.0. The molecule has 0 saturated heterocycles. The molecule has 2 aliphatic rings. The molecule has 2 fully saturated rings. The lowest BCUT2D eigenvalue weighted by Crippen LogP contribution is -2.31. The molecular formula is C13H22O. The summed E-state index contributed by atoms with van der Waals surface area (Å²) in [7, 11) is 0. The van der Waals surface area contributed by atoms with Gasteiger partial charge in [0.05, 0.1) is 0 Å². The molecule has 2 saturated carbocycles. The predicted octanol–water partition coefficient (Wildman–Crippen LogP) is 3.14. The summed E-state index contributed by atoms with van der Waals surface area (Å²) in [5.41, 5.74) is 0. The van der Waals surface area contributed by atoms with Crippen LogP contribution < -0.4 is 0 Å². The fourth-order valence-electron chi connectivity index (χ4n) is 4.09. The van der Waals surface area contributed by atoms with Gasteiger partial charge in [0.1, 0.15) is 6.29 Å². The number of aldehydes is 1. The summed E-state index contributed by atoms with van der Waals surface area (Å²) in [5, 5.41) is 0. The van der Waals surface area contributed by atoms with Gasteiger partial charge < -0.3 is 4.79 Å². The van der Waals surface area contributed by atoms with Gasteiger partial charge >= 0.3 is 0 Å². The fourth-order valence-corrected chi connectivity index (χ4v) is 4.09. The van der Waals surface area contributed by atoms with Crippen LogP contribution in [0.5, 0.6) is 0 Å². The summed E-state index contributed by atoms with van der Waals surface area (Å²) in [5.74, 6) is 4.48. The Labute approximate surface area is 87.3 Å². The van der Waals surface area contributed by atoms with Gasteiger partial charge in [-0.2, -0.15) is 0 Å². The van der Waals surface area contributed by atoms with E-state index in [9.17, 15) is 4.79 Å². The zero-order valence-corrected chi connectivity index (χ0v) is 9.57. The zero-order chi connectivity index (χ0) is 10.3. The molecule has 0 aromatic rings. The lowest BCUT2D eigenvalue weighted by molar-refractivity contribution is -0.113. The van der Waals surface area contributed by atoms with Crippen LogP contribution in [0.2, 0.25) is 0 Å². The standard InChI is InChI=1S/C13H22O/c1-4-8(2)13-9(3)10-5-11(7-14)12(13)6-10/h7-13H,4-6H2,1-3H3. The molecule has 0 radical (unpaired) electrons. The van der Waals surface area contributed by atoms with Crippen LogP contribution in [0.15, 0.2) is 0 Å². The van der Waals surface area contributed by atoms with E-state index in [1.807, 2.05) is 0 Å². The van der Waals surface area contributed by atoms with Crippen LogP contribution >= 0.6 is 0 Å². The minimum Gasteiger partial charge on any atom is -0.303 e. The Hall–Kier alpha value is -0.330. The second-order valence-corrected chi connectivity index (χ2v) is 5.52. The number of hydrogen-bond donors (Lipinski definition) is 0. The Morgan fingerprint density at radius 1 is 1.43 bits per heavy atom. The number of carbonyl (C=O) groups excluding carboxylic acids is 1. The highest BCUT2D eigenvalue weighted by Crippen LogP contribution is 2.57. The van der Waals surface area contributed by atoms with Gasteiger partial charge in [-0.05, 0) is 42.4 Å². The molecule has 1 nitrogen and oxygen atoms in total. The van der Waals surface area contributed by atoms with E-state index < -0.39 is 0 Å². The summed E-state index contributed by atoms with van der Waals surface area (Å²) >= 11 is 0. The van der Waals surface area contributed by atoms with Crippen molar-refractivity contribution >= 4 is 6.29 Å². The second kappa shape index (κ2) is 3.67. The van der Waals surface area contributed by atoms with Crippen molar-refractivity contribution in [2.45, 2.75) is 40.0 Å². The molecule has 0 aromatic carbocycles. The monoisotopic (exact) mass is 194 g/mol. The van der Waals surface area contributed by atoms with E-state index in [1.165, 1.54) is 25.5 Å². The average molecular weight is 194 g/mol. The van der Waals surface area contributed by atoms with Crippen LogP contribution in [-0.2, 0) is 4.79 Å². The molecule has 2 rings (SSSR count). The van der Waals surface area contributed by atoms with Crippen molar-refractivity contribution in [3.63, 3.8) is 0 Å². The molecule has 14 heavy (non-hydrogen) atoms. The summed E-state index contributed by atoms with van der Waals surface area (Å²) in [6.07, 6.45) is 5.01. The van der Waals surface area contributed by atoms with E-state index in [4.69, 9.17) is 0 Å². The van der Waals surface area contributed by atoms with E-state index in [0.717, 1.165) is 29.6 Å². The van der Waals surface area contributed by atoms with Crippen LogP contribution in [-0.4, -0.2) is 6.29 Å². The SMILES string of the molecule is CCC(C)C1C(C)C2CC(C=O)C1C2. The largest absolute Gasteiger partial charge is 0.303 e. The smallest absolute Gasteiger partial charge is 0.123 e. The molecule has 0 heterocycles. The summed E-state index contributed by atoms with van der Waals surface area (Å²) < 4.78 is 0. The maximum Gasteiger partial charge on any atom is 0.123 e.